The molecule has 0 unspecified atom stereocenters. The quantitative estimate of drug-likeness (QED) is 0.767. The number of nitrogens with zero attached hydrogens (tertiary/aromatic N) is 1. The van der Waals surface area contributed by atoms with E-state index in [-0.39, 0.29) is 10.6 Å². The number of methoxy groups -OCH3 is 1. The standard InChI is InChI=1S/C13H22N2O3S/c1-4-15(5-2)8-9-19(16,17)13-7-6-11(14)10-12(13)18-3/h6-7,10H,4-5,8-9,14H2,1-3H3. The molecule has 0 aliphatic heterocycles. The number of ether oxygens (including phenoxy) is 1. The Morgan fingerprint density at radius 1 is 1.26 bits per heavy atom. The number of hydrogen-bond acceptors (Lipinski definition) is 5. The Morgan fingerprint density at radius 3 is 2.42 bits per heavy atom. The van der Waals surface area contributed by atoms with Gasteiger partial charge in [0.1, 0.15) is 10.6 Å². The molecule has 19 heavy (non-hydrogen) atoms. The van der Waals surface area contributed by atoms with Crippen LogP contribution >= 0.6 is 0 Å². The van der Waals surface area contributed by atoms with Crippen LogP contribution in [0.2, 0.25) is 0 Å². The van der Waals surface area contributed by atoms with Gasteiger partial charge in [-0.1, -0.05) is 13.8 Å². The maximum absolute atomic E-state index is 12.3. The molecule has 0 radical (unpaired) electrons. The first-order chi connectivity index (χ1) is 8.94. The minimum Gasteiger partial charge on any atom is -0.495 e. The first-order valence-corrected chi connectivity index (χ1v) is 7.98. The average Bonchev–Trinajstić information content (AvgIpc) is 2.39. The second-order valence-electron chi connectivity index (χ2n) is 4.26. The average molecular weight is 286 g/mol. The molecule has 0 aliphatic carbocycles. The normalized spacial score (nSPS) is 11.8. The number of benzene rings is 1. The van der Waals surface area contributed by atoms with Crippen LogP contribution in [0.1, 0.15) is 13.8 Å². The summed E-state index contributed by atoms with van der Waals surface area (Å²) in [6.07, 6.45) is 0. The van der Waals surface area contributed by atoms with Crippen molar-refractivity contribution in [1.29, 1.82) is 0 Å². The van der Waals surface area contributed by atoms with E-state index in [0.717, 1.165) is 13.1 Å². The summed E-state index contributed by atoms with van der Waals surface area (Å²) in [5.41, 5.74) is 6.11. The Hall–Kier alpha value is -1.27. The highest BCUT2D eigenvalue weighted by Gasteiger charge is 2.20. The van der Waals surface area contributed by atoms with Crippen LogP contribution in [0.25, 0.3) is 0 Å². The summed E-state index contributed by atoms with van der Waals surface area (Å²) >= 11 is 0. The minimum absolute atomic E-state index is 0.0783. The summed E-state index contributed by atoms with van der Waals surface area (Å²) in [5.74, 6) is 0.383. The fraction of sp³-hybridized carbons (Fsp3) is 0.538. The van der Waals surface area contributed by atoms with Gasteiger partial charge in [-0.15, -0.1) is 0 Å². The fourth-order valence-electron chi connectivity index (χ4n) is 1.84. The van der Waals surface area contributed by atoms with Crippen molar-refractivity contribution in [3.63, 3.8) is 0 Å². The fourth-order valence-corrected chi connectivity index (χ4v) is 3.28. The number of rotatable bonds is 7. The molecule has 0 spiro atoms. The lowest BCUT2D eigenvalue weighted by Crippen LogP contribution is -2.29. The molecule has 0 saturated heterocycles. The molecule has 2 N–H and O–H groups in total. The third-order valence-corrected chi connectivity index (χ3v) is 4.82. The molecule has 108 valence electrons. The molecule has 1 aromatic rings. The lowest BCUT2D eigenvalue weighted by molar-refractivity contribution is 0.321. The van der Waals surface area contributed by atoms with Crippen molar-refractivity contribution in [2.45, 2.75) is 18.7 Å². The zero-order valence-corrected chi connectivity index (χ0v) is 12.5. The topological polar surface area (TPSA) is 72.6 Å². The predicted octanol–water partition coefficient (Wildman–Crippen LogP) is 1.39. The van der Waals surface area contributed by atoms with Crippen LogP contribution in [0.4, 0.5) is 5.69 Å². The predicted molar refractivity (Wildman–Crippen MR) is 77.2 cm³/mol. The lowest BCUT2D eigenvalue weighted by Gasteiger charge is -2.18. The summed E-state index contributed by atoms with van der Waals surface area (Å²) in [6.45, 7) is 6.22. The van der Waals surface area contributed by atoms with Gasteiger partial charge < -0.3 is 15.4 Å². The van der Waals surface area contributed by atoms with Gasteiger partial charge in [-0.25, -0.2) is 8.42 Å². The van der Waals surface area contributed by atoms with Crippen molar-refractivity contribution in [2.75, 3.05) is 38.2 Å². The van der Waals surface area contributed by atoms with E-state index in [1.807, 2.05) is 13.8 Å². The Bertz CT molecular complexity index is 511. The van der Waals surface area contributed by atoms with E-state index in [1.54, 1.807) is 6.07 Å². The first kappa shape index (κ1) is 15.8. The van der Waals surface area contributed by atoms with E-state index in [4.69, 9.17) is 10.5 Å². The van der Waals surface area contributed by atoms with Crippen LogP contribution < -0.4 is 10.5 Å². The largest absolute Gasteiger partial charge is 0.495 e. The van der Waals surface area contributed by atoms with Crippen molar-refractivity contribution in [3.8, 4) is 5.75 Å². The highest BCUT2D eigenvalue weighted by atomic mass is 32.2. The molecule has 1 aromatic carbocycles. The molecule has 0 aliphatic rings. The van der Waals surface area contributed by atoms with Gasteiger partial charge in [0.05, 0.1) is 12.9 Å². The number of anilines is 1. The molecule has 0 amide bonds. The molecule has 1 rings (SSSR count). The van der Waals surface area contributed by atoms with Crippen molar-refractivity contribution >= 4 is 15.5 Å². The van der Waals surface area contributed by atoms with Gasteiger partial charge in [0.2, 0.25) is 0 Å². The number of sulfone groups is 1. The van der Waals surface area contributed by atoms with E-state index < -0.39 is 9.84 Å². The molecular formula is C13H22N2O3S. The third-order valence-electron chi connectivity index (χ3n) is 3.09. The highest BCUT2D eigenvalue weighted by Crippen LogP contribution is 2.26. The van der Waals surface area contributed by atoms with Gasteiger partial charge in [-0.05, 0) is 25.2 Å². The molecule has 5 nitrogen and oxygen atoms in total. The van der Waals surface area contributed by atoms with Gasteiger partial charge in [0.15, 0.2) is 9.84 Å². The van der Waals surface area contributed by atoms with Crippen molar-refractivity contribution < 1.29 is 13.2 Å². The van der Waals surface area contributed by atoms with Gasteiger partial charge in [-0.2, -0.15) is 0 Å². The van der Waals surface area contributed by atoms with Crippen molar-refractivity contribution in [1.82, 2.24) is 4.90 Å². The maximum atomic E-state index is 12.3. The van der Waals surface area contributed by atoms with Crippen LogP contribution in [-0.2, 0) is 9.84 Å². The number of nitrogen functional groups attached to an aromatic ring is 1. The van der Waals surface area contributed by atoms with Gasteiger partial charge in [0.25, 0.3) is 0 Å². The van der Waals surface area contributed by atoms with Gasteiger partial charge in [0, 0.05) is 18.3 Å². The zero-order chi connectivity index (χ0) is 14.5. The zero-order valence-electron chi connectivity index (χ0n) is 11.7. The van der Waals surface area contributed by atoms with Crippen LogP contribution in [0.3, 0.4) is 0 Å². The molecule has 0 fully saturated rings. The second-order valence-corrected chi connectivity index (χ2v) is 6.33. The maximum Gasteiger partial charge on any atom is 0.183 e. The molecule has 0 atom stereocenters. The Balaban J connectivity index is 2.94. The molecule has 0 aromatic heterocycles. The monoisotopic (exact) mass is 286 g/mol. The van der Waals surface area contributed by atoms with E-state index >= 15 is 0 Å². The van der Waals surface area contributed by atoms with Crippen molar-refractivity contribution in [2.24, 2.45) is 0 Å². The third kappa shape index (κ3) is 4.11. The van der Waals surface area contributed by atoms with Gasteiger partial charge in [-0.3, -0.25) is 0 Å². The number of nitrogens with two attached hydrogens (primary N) is 1. The summed E-state index contributed by atoms with van der Waals surface area (Å²) in [7, 11) is -1.91. The molecule has 0 heterocycles. The Morgan fingerprint density at radius 2 is 1.89 bits per heavy atom. The van der Waals surface area contributed by atoms with Crippen LogP contribution in [-0.4, -0.2) is 45.8 Å². The summed E-state index contributed by atoms with van der Waals surface area (Å²) in [6, 6.07) is 4.61. The van der Waals surface area contributed by atoms with E-state index in [0.29, 0.717) is 18.0 Å². The summed E-state index contributed by atoms with van der Waals surface area (Å²) < 4.78 is 29.7. The van der Waals surface area contributed by atoms with Crippen LogP contribution in [0.15, 0.2) is 23.1 Å². The second kappa shape index (κ2) is 6.77. The van der Waals surface area contributed by atoms with E-state index in [2.05, 4.69) is 4.90 Å². The first-order valence-electron chi connectivity index (χ1n) is 6.33. The van der Waals surface area contributed by atoms with Crippen LogP contribution in [0, 0.1) is 0 Å². The summed E-state index contributed by atoms with van der Waals surface area (Å²) in [4.78, 5) is 2.28. The highest BCUT2D eigenvalue weighted by molar-refractivity contribution is 7.91. The Kier molecular flexibility index (Phi) is 5.62. The Labute approximate surface area is 115 Å². The number of hydrogen-bond donors (Lipinski definition) is 1. The lowest BCUT2D eigenvalue weighted by atomic mass is 10.3. The molecule has 6 heteroatoms. The van der Waals surface area contributed by atoms with Gasteiger partial charge >= 0.3 is 0 Å². The molecule has 0 saturated carbocycles. The van der Waals surface area contributed by atoms with E-state index in [1.165, 1.54) is 19.2 Å². The molecular weight excluding hydrogens is 264 g/mol. The van der Waals surface area contributed by atoms with Crippen molar-refractivity contribution in [3.05, 3.63) is 18.2 Å². The minimum atomic E-state index is -3.36. The summed E-state index contributed by atoms with van der Waals surface area (Å²) in [5, 5.41) is 0. The van der Waals surface area contributed by atoms with Crippen LogP contribution in [0.5, 0.6) is 5.75 Å². The van der Waals surface area contributed by atoms with E-state index in [9.17, 15) is 8.42 Å². The smallest absolute Gasteiger partial charge is 0.183 e. The molecule has 0 bridgehead atoms. The SMILES string of the molecule is CCN(CC)CCS(=O)(=O)c1ccc(N)cc1OC.